The molecule has 3 aliphatic heterocycles. The van der Waals surface area contributed by atoms with E-state index in [0.717, 1.165) is 13.0 Å². The minimum absolute atomic E-state index is 0.555. The average molecular weight is 957 g/mol. The van der Waals surface area contributed by atoms with Gasteiger partial charge in [-0.15, -0.1) is 0 Å². The van der Waals surface area contributed by atoms with Crippen LogP contribution < -0.4 is 14.7 Å². The van der Waals surface area contributed by atoms with Crippen LogP contribution in [0.1, 0.15) is 94.9 Å². The fourth-order valence-corrected chi connectivity index (χ4v) is 14.3. The number of aryl methyl sites for hydroxylation is 2. The summed E-state index contributed by atoms with van der Waals surface area (Å²) in [6.45, 7) is 5.44. The Morgan fingerprint density at radius 1 is 0.446 bits per heavy atom. The molecule has 9 aromatic carbocycles. The molecule has 0 amide bonds. The van der Waals surface area contributed by atoms with Gasteiger partial charge in [0.15, 0.2) is 0 Å². The van der Waals surface area contributed by atoms with Gasteiger partial charge >= 0.3 is 0 Å². The van der Waals surface area contributed by atoms with E-state index in [-0.39, 0.29) is 0 Å². The second-order valence-electron chi connectivity index (χ2n) is 22.0. The quantitative estimate of drug-likeness (QED) is 0.141. The largest absolute Gasteiger partial charge is 0.341 e. The molecule has 0 N–H and O–H groups in total. The van der Waals surface area contributed by atoms with Gasteiger partial charge in [0.2, 0.25) is 0 Å². The smallest absolute Gasteiger partial charge is 0.0547 e. The molecular formula is C70H60N4. The average Bonchev–Trinajstić information content (AvgIpc) is 4.32. The molecule has 4 heteroatoms. The van der Waals surface area contributed by atoms with Crippen LogP contribution in [0.4, 0.5) is 34.1 Å². The molecule has 74 heavy (non-hydrogen) atoms. The molecule has 4 heterocycles. The Morgan fingerprint density at radius 3 is 1.76 bits per heavy atom. The molecule has 2 aliphatic carbocycles. The second-order valence-corrected chi connectivity index (χ2v) is 22.0. The van der Waals surface area contributed by atoms with Crippen LogP contribution in [0.5, 0.6) is 0 Å². The summed E-state index contributed by atoms with van der Waals surface area (Å²) in [5.74, 6) is 1.29. The first-order valence-corrected chi connectivity index (χ1v) is 27.3. The molecule has 4 unspecified atom stereocenters. The predicted molar refractivity (Wildman–Crippen MR) is 311 cm³/mol. The molecule has 2 fully saturated rings. The Balaban J connectivity index is 0.749. The molecule has 4 atom stereocenters. The van der Waals surface area contributed by atoms with Crippen LogP contribution in [0, 0.1) is 13.8 Å². The maximum absolute atomic E-state index is 2.68. The SMILES string of the molecule is Cc1ccc2c(c1)C1CCCC1N2c1ccc(C=C(c2ccccc2)c2ccc(-c3ccc4c5cc(N6CCc7cc(N8c9ccc(C)cc9C9CCCC98)ccc76)ccc5n(-c5ccccc5)c4c3)cc2)cc1. The fourth-order valence-electron chi connectivity index (χ4n) is 14.3. The number of hydrogen-bond acceptors (Lipinski definition) is 3. The van der Waals surface area contributed by atoms with E-state index in [1.165, 1.54) is 156 Å². The van der Waals surface area contributed by atoms with Gasteiger partial charge in [0.25, 0.3) is 0 Å². The summed E-state index contributed by atoms with van der Waals surface area (Å²) in [5, 5.41) is 2.54. The van der Waals surface area contributed by atoms with E-state index in [1.54, 1.807) is 5.56 Å². The van der Waals surface area contributed by atoms with Gasteiger partial charge < -0.3 is 19.3 Å². The standard InChI is InChI=1S/C70H60N4/c1-45-19-33-67-61(39-45)57-15-9-17-65(57)72(67)54-28-21-47(22-29-54)41-60(49-11-5-3-6-12-49)50-25-23-48(24-26-50)51-27-32-59-63-44-55(30-36-69(63)73(70(59)43-51)53-13-7-4-8-14-53)71-38-37-52-42-56(31-35-64(52)71)74-66-18-10-16-58(66)62-40-46(2)20-34-68(62)74/h3-8,11-14,19-36,39-44,57-58,65-66H,9-10,15-18,37-38H2,1-2H3. The number of fused-ring (bicyclic) bond motifs is 10. The van der Waals surface area contributed by atoms with Gasteiger partial charge in [-0.3, -0.25) is 0 Å². The predicted octanol–water partition coefficient (Wildman–Crippen LogP) is 17.9. The molecule has 0 spiro atoms. The molecule has 15 rings (SSSR count). The van der Waals surface area contributed by atoms with E-state index in [2.05, 4.69) is 239 Å². The zero-order valence-electron chi connectivity index (χ0n) is 42.4. The lowest BCUT2D eigenvalue weighted by molar-refractivity contribution is 0.641. The summed E-state index contributed by atoms with van der Waals surface area (Å²) in [6.07, 6.45) is 11.1. The van der Waals surface area contributed by atoms with Gasteiger partial charge in [-0.05, 0) is 181 Å². The van der Waals surface area contributed by atoms with Crippen molar-refractivity contribution < 1.29 is 0 Å². The van der Waals surface area contributed by atoms with Crippen molar-refractivity contribution in [3.05, 3.63) is 245 Å². The number of anilines is 6. The third kappa shape index (κ3) is 7.02. The Morgan fingerprint density at radius 2 is 1.05 bits per heavy atom. The lowest BCUT2D eigenvalue weighted by Crippen LogP contribution is -2.26. The zero-order valence-corrected chi connectivity index (χ0v) is 42.4. The van der Waals surface area contributed by atoms with Crippen LogP contribution in [-0.4, -0.2) is 23.2 Å². The first-order chi connectivity index (χ1) is 36.5. The van der Waals surface area contributed by atoms with Gasteiger partial charge in [0.1, 0.15) is 0 Å². The Bertz CT molecular complexity index is 3850. The number of hydrogen-bond donors (Lipinski definition) is 0. The van der Waals surface area contributed by atoms with Crippen molar-refractivity contribution in [1.82, 2.24) is 4.57 Å². The van der Waals surface area contributed by atoms with Crippen molar-refractivity contribution in [1.29, 1.82) is 0 Å². The van der Waals surface area contributed by atoms with Gasteiger partial charge in [-0.1, -0.05) is 145 Å². The van der Waals surface area contributed by atoms with Crippen molar-refractivity contribution in [2.75, 3.05) is 21.2 Å². The van der Waals surface area contributed by atoms with Crippen molar-refractivity contribution in [2.24, 2.45) is 0 Å². The molecule has 1 aromatic heterocycles. The van der Waals surface area contributed by atoms with Crippen LogP contribution >= 0.6 is 0 Å². The number of benzene rings is 9. The van der Waals surface area contributed by atoms with E-state index in [0.29, 0.717) is 23.9 Å². The highest BCUT2D eigenvalue weighted by atomic mass is 15.2. The third-order valence-corrected chi connectivity index (χ3v) is 17.7. The lowest BCUT2D eigenvalue weighted by Gasteiger charge is -2.28. The van der Waals surface area contributed by atoms with Crippen LogP contribution in [0.3, 0.4) is 0 Å². The number of para-hydroxylation sites is 1. The molecule has 360 valence electrons. The minimum Gasteiger partial charge on any atom is -0.341 e. The molecule has 2 saturated carbocycles. The summed E-state index contributed by atoms with van der Waals surface area (Å²) in [5.41, 5.74) is 26.2. The fraction of sp³-hybridized carbons (Fsp3) is 0.200. The van der Waals surface area contributed by atoms with Crippen LogP contribution in [0.25, 0.3) is 50.3 Å². The summed E-state index contributed by atoms with van der Waals surface area (Å²) >= 11 is 0. The Kier molecular flexibility index (Phi) is 10.2. The van der Waals surface area contributed by atoms with Gasteiger partial charge in [-0.2, -0.15) is 0 Å². The van der Waals surface area contributed by atoms with Gasteiger partial charge in [0, 0.05) is 81.0 Å². The first kappa shape index (κ1) is 43.5. The van der Waals surface area contributed by atoms with Crippen LogP contribution in [0.2, 0.25) is 0 Å². The monoisotopic (exact) mass is 956 g/mol. The molecule has 5 aliphatic rings. The van der Waals surface area contributed by atoms with Gasteiger partial charge in [-0.25, -0.2) is 0 Å². The number of nitrogens with zero attached hydrogens (tertiary/aromatic N) is 4. The van der Waals surface area contributed by atoms with E-state index in [9.17, 15) is 0 Å². The number of rotatable bonds is 8. The van der Waals surface area contributed by atoms with E-state index in [1.807, 2.05) is 0 Å². The summed E-state index contributed by atoms with van der Waals surface area (Å²) in [6, 6.07) is 77.1. The Hall–Kier alpha value is -8.08. The molecular weight excluding hydrogens is 897 g/mol. The topological polar surface area (TPSA) is 14.7 Å². The normalized spacial score (nSPS) is 19.6. The second kappa shape index (κ2) is 17.3. The molecule has 0 saturated heterocycles. The maximum Gasteiger partial charge on any atom is 0.0547 e. The molecule has 4 nitrogen and oxygen atoms in total. The summed E-state index contributed by atoms with van der Waals surface area (Å²) < 4.78 is 2.46. The van der Waals surface area contributed by atoms with Crippen molar-refractivity contribution in [3.8, 4) is 16.8 Å². The van der Waals surface area contributed by atoms with Crippen molar-refractivity contribution >= 4 is 67.6 Å². The number of aromatic nitrogens is 1. The van der Waals surface area contributed by atoms with Crippen molar-refractivity contribution in [2.45, 2.75) is 82.7 Å². The first-order valence-electron chi connectivity index (χ1n) is 27.3. The molecule has 0 bridgehead atoms. The summed E-state index contributed by atoms with van der Waals surface area (Å²) in [4.78, 5) is 7.86. The van der Waals surface area contributed by atoms with E-state index >= 15 is 0 Å². The molecule has 10 aromatic rings. The highest BCUT2D eigenvalue weighted by Gasteiger charge is 2.43. The third-order valence-electron chi connectivity index (χ3n) is 17.7. The Labute approximate surface area is 435 Å². The lowest BCUT2D eigenvalue weighted by atomic mass is 9.93. The highest BCUT2D eigenvalue weighted by Crippen LogP contribution is 2.55. The van der Waals surface area contributed by atoms with E-state index in [4.69, 9.17) is 0 Å². The van der Waals surface area contributed by atoms with Crippen molar-refractivity contribution in [3.63, 3.8) is 0 Å². The molecule has 0 radical (unpaired) electrons. The van der Waals surface area contributed by atoms with E-state index < -0.39 is 0 Å². The highest BCUT2D eigenvalue weighted by molar-refractivity contribution is 6.11. The maximum atomic E-state index is 2.68. The van der Waals surface area contributed by atoms with Gasteiger partial charge in [0.05, 0.1) is 11.0 Å². The van der Waals surface area contributed by atoms with Crippen LogP contribution in [-0.2, 0) is 6.42 Å². The van der Waals surface area contributed by atoms with Crippen LogP contribution in [0.15, 0.2) is 200 Å². The minimum atomic E-state index is 0.555. The summed E-state index contributed by atoms with van der Waals surface area (Å²) in [7, 11) is 0. The zero-order chi connectivity index (χ0) is 49.0.